The average Bonchev–Trinajstić information content (AvgIpc) is 1.66. The van der Waals surface area contributed by atoms with Gasteiger partial charge in [0, 0.05) is 50.8 Å². The van der Waals surface area contributed by atoms with Gasteiger partial charge in [0.2, 0.25) is 0 Å². The normalized spacial score (nSPS) is 33.1. The van der Waals surface area contributed by atoms with Crippen LogP contribution in [0.15, 0.2) is 149 Å². The summed E-state index contributed by atoms with van der Waals surface area (Å²) < 4.78 is 17.4. The van der Waals surface area contributed by atoms with Gasteiger partial charge in [0.25, 0.3) is 0 Å². The van der Waals surface area contributed by atoms with Crippen molar-refractivity contribution in [1.82, 2.24) is 30.2 Å². The molecule has 10 saturated carbocycles. The van der Waals surface area contributed by atoms with Crippen molar-refractivity contribution in [2.75, 3.05) is 166 Å². The van der Waals surface area contributed by atoms with E-state index < -0.39 is 0 Å². The van der Waals surface area contributed by atoms with E-state index in [1.165, 1.54) is 248 Å². The Balaban J connectivity index is 0.000000126. The highest BCUT2D eigenvalue weighted by Crippen LogP contribution is 2.69. The fraction of sp³-hybridized carbons (Fsp3) is 0.675. The van der Waals surface area contributed by atoms with Crippen LogP contribution in [0.4, 0.5) is 0 Å². The number of rotatable bonds is 30. The molecule has 139 heavy (non-hydrogen) atoms. The van der Waals surface area contributed by atoms with Crippen LogP contribution in [0.2, 0.25) is 0 Å². The molecule has 0 heterocycles. The van der Waals surface area contributed by atoms with Crippen LogP contribution in [0.25, 0.3) is 0 Å². The summed E-state index contributed by atoms with van der Waals surface area (Å²) in [6, 6.07) is 30.5. The van der Waals surface area contributed by atoms with Crippen LogP contribution in [-0.4, -0.2) is 217 Å². The molecule has 0 radical (unpaired) electrons. The second kappa shape index (κ2) is 47.9. The Morgan fingerprint density at radius 3 is 0.935 bits per heavy atom. The van der Waals surface area contributed by atoms with Gasteiger partial charge in [-0.25, -0.2) is 0 Å². The predicted octanol–water partition coefficient (Wildman–Crippen LogP) is 24.2. The van der Waals surface area contributed by atoms with E-state index in [9.17, 15) is 25.5 Å². The quantitative estimate of drug-likeness (QED) is 0.0160. The van der Waals surface area contributed by atoms with Gasteiger partial charge in [0.1, 0.15) is 28.7 Å². The molecule has 8 N–H and O–H groups in total. The first-order valence-electron chi connectivity index (χ1n) is 55.6. The molecule has 5 aromatic carbocycles. The summed E-state index contributed by atoms with van der Waals surface area (Å²) in [6.45, 7) is 25.5. The molecule has 0 aliphatic heterocycles. The zero-order valence-corrected chi connectivity index (χ0v) is 89.0. The Hall–Kier alpha value is -6.25. The number of aliphatic hydroxyl groups is 1. The summed E-state index contributed by atoms with van der Waals surface area (Å²) in [5.41, 5.74) is 25.0. The molecular weight excluding hydrogens is 1740 g/mol. The third-order valence-electron chi connectivity index (χ3n) is 39.2. The van der Waals surface area contributed by atoms with Crippen LogP contribution < -0.4 is 10.6 Å². The standard InChI is InChI=1S/C26H40N2O.C26H39NO3.C25H37NO2.C24H35NOS.C22H31NO2/c1-26-14-12-23-22-10-8-21(29)18-19(22)6-9-24(23)25(26)11-7-20(26)13-16-27-15-4-5-17-28(2)3;1-26-12-10-23-22-8-6-21(28)18-19(22)4-7-24(23)25(26)9-5-20(26)11-14-29-16-17-30-15-13-27(2)3;1-25-13-11-22-21-9-7-20(27)17-18(21)5-8-23(22)24(25)10-6-19(25)12-16-28-15-4-14-26(2)3;1-24-12-10-21-20-8-6-19(26)16-17(20)4-7-22(21)23(24)9-5-18(24)11-14-27-15-13-25(2)3;1-22-10-8-19-18-6-4-17(25)14-15(18)2-5-20(19)21(22)7-3-16(22)9-11-23-12-13-24/h8,10,13,18,23-25,27,29H,4-7,9,11-12,14-17H2,1-3H3;6,8,11,18,23-25,28H,4-5,7,9-10,12-17H2,1-3H3;7,9,12,17,22-24,27H,4-6,8,10-11,13-16H2,1-3H3;6,8,11,16,21-23,26H,4-5,7,9-10,12-15H2,1-3H3;4,6,9,14,19-21,23-25H,2-3,5,7-8,10-13H2,1H3/b20-13+;20-11+;19-12+;18-11+;16-9+. The number of nitrogens with zero attached hydrogens (tertiary/aromatic N) is 4. The number of aryl methyl sites for hydroxylation is 5. The number of benzene rings is 5. The van der Waals surface area contributed by atoms with Gasteiger partial charge in [-0.15, -0.1) is 0 Å². The Kier molecular flexibility index (Phi) is 36.4. The van der Waals surface area contributed by atoms with E-state index >= 15 is 0 Å². The molecule has 0 aromatic heterocycles. The van der Waals surface area contributed by atoms with Gasteiger partial charge in [-0.1, -0.05) is 123 Å². The molecule has 20 atom stereocenters. The molecule has 20 rings (SSSR count). The molecule has 15 aliphatic carbocycles. The molecule has 10 fully saturated rings. The van der Waals surface area contributed by atoms with Crippen LogP contribution in [0.5, 0.6) is 28.7 Å². The molecule has 16 heteroatoms. The summed E-state index contributed by atoms with van der Waals surface area (Å²) in [4.78, 5) is 8.89. The molecule has 0 saturated heterocycles. The maximum atomic E-state index is 9.87. The van der Waals surface area contributed by atoms with Gasteiger partial charge in [-0.2, -0.15) is 11.8 Å². The fourth-order valence-corrected chi connectivity index (χ4v) is 33.0. The number of aromatic hydroxyl groups is 5. The summed E-state index contributed by atoms with van der Waals surface area (Å²) in [7, 11) is 17.0. The Morgan fingerprint density at radius 1 is 0.317 bits per heavy atom. The average molecular weight is 1920 g/mol. The van der Waals surface area contributed by atoms with Crippen LogP contribution >= 0.6 is 11.8 Å². The van der Waals surface area contributed by atoms with E-state index in [0.29, 0.717) is 106 Å². The molecule has 5 aromatic rings. The maximum Gasteiger partial charge on any atom is 0.115 e. The number of fused-ring (bicyclic) bond motifs is 25. The van der Waals surface area contributed by atoms with Gasteiger partial charge >= 0.3 is 0 Å². The van der Waals surface area contributed by atoms with E-state index in [-0.39, 0.29) is 6.61 Å². The highest BCUT2D eigenvalue weighted by Gasteiger charge is 2.58. The number of phenols is 5. The number of thioether (sulfide) groups is 1. The molecule has 0 bridgehead atoms. The molecule has 15 nitrogen and oxygen atoms in total. The Labute approximate surface area is 843 Å². The van der Waals surface area contributed by atoms with E-state index in [1.54, 1.807) is 33.4 Å². The van der Waals surface area contributed by atoms with Gasteiger partial charge in [-0.05, 0) is 520 Å². The van der Waals surface area contributed by atoms with Gasteiger partial charge < -0.3 is 75.1 Å². The van der Waals surface area contributed by atoms with E-state index in [0.717, 1.165) is 156 Å². The van der Waals surface area contributed by atoms with Crippen molar-refractivity contribution in [3.05, 3.63) is 205 Å². The second-order valence-electron chi connectivity index (χ2n) is 47.9. The summed E-state index contributed by atoms with van der Waals surface area (Å²) in [5.74, 6) is 16.2. The lowest BCUT2D eigenvalue weighted by Crippen LogP contribution is -2.40. The molecule has 15 aliphatic rings. The van der Waals surface area contributed by atoms with E-state index in [1.807, 2.05) is 60.7 Å². The van der Waals surface area contributed by atoms with Crippen LogP contribution in [0, 0.1) is 86.3 Å². The number of aliphatic hydroxyl groups excluding tert-OH is 1. The summed E-state index contributed by atoms with van der Waals surface area (Å²) in [5, 5.41) is 65.1. The first-order valence-corrected chi connectivity index (χ1v) is 56.7. The van der Waals surface area contributed by atoms with Crippen molar-refractivity contribution in [2.45, 2.75) is 276 Å². The van der Waals surface area contributed by atoms with Crippen LogP contribution in [0.3, 0.4) is 0 Å². The number of allylic oxidation sites excluding steroid dienone is 5. The first kappa shape index (κ1) is 106. The van der Waals surface area contributed by atoms with Crippen LogP contribution in [0.1, 0.15) is 300 Å². The molecule has 20 unspecified atom stereocenters. The zero-order chi connectivity index (χ0) is 97.8. The van der Waals surface area contributed by atoms with Crippen LogP contribution in [-0.2, 0) is 46.3 Å². The molecule has 0 spiro atoms. The highest BCUT2D eigenvalue weighted by molar-refractivity contribution is 7.99. The van der Waals surface area contributed by atoms with E-state index in [2.05, 4.69) is 194 Å². The minimum absolute atomic E-state index is 0.210. The van der Waals surface area contributed by atoms with Crippen molar-refractivity contribution >= 4 is 11.8 Å². The van der Waals surface area contributed by atoms with Crippen molar-refractivity contribution in [1.29, 1.82) is 0 Å². The topological polar surface area (TPSA) is 186 Å². The molecular formula is C123H182N6O9S. The largest absolute Gasteiger partial charge is 0.508 e. The predicted molar refractivity (Wildman–Crippen MR) is 575 cm³/mol. The smallest absolute Gasteiger partial charge is 0.115 e. The number of hydrogen-bond acceptors (Lipinski definition) is 16. The van der Waals surface area contributed by atoms with Crippen molar-refractivity contribution in [3.63, 3.8) is 0 Å². The number of likely N-dealkylation sites (N-methyl/N-ethyl adjacent to an activating group) is 1. The number of nitrogens with one attached hydrogen (secondary N) is 2. The maximum absolute atomic E-state index is 9.87. The Morgan fingerprint density at radius 2 is 0.612 bits per heavy atom. The third-order valence-corrected chi connectivity index (χ3v) is 40.1. The zero-order valence-electron chi connectivity index (χ0n) is 88.2. The lowest BCUT2D eigenvalue weighted by atomic mass is 9.55. The van der Waals surface area contributed by atoms with Gasteiger partial charge in [0.05, 0.1) is 39.6 Å². The Bertz CT molecular complexity index is 5030. The first-order chi connectivity index (χ1) is 67.1. The van der Waals surface area contributed by atoms with E-state index in [4.69, 9.17) is 19.3 Å². The molecule has 764 valence electrons. The summed E-state index contributed by atoms with van der Waals surface area (Å²) >= 11 is 2.08. The van der Waals surface area contributed by atoms with Crippen molar-refractivity contribution < 1.29 is 44.8 Å². The number of unbranched alkanes of at least 4 members (excludes halogenated alkanes) is 1. The fourth-order valence-electron chi connectivity index (χ4n) is 32.0. The number of hydrogen-bond donors (Lipinski definition) is 8. The van der Waals surface area contributed by atoms with Gasteiger partial charge in [0.15, 0.2) is 0 Å². The third kappa shape index (κ3) is 24.2. The van der Waals surface area contributed by atoms with Crippen molar-refractivity contribution in [2.24, 2.45) is 86.3 Å². The minimum atomic E-state index is 0.210. The molecule has 0 amide bonds. The highest BCUT2D eigenvalue weighted by atomic mass is 32.2. The summed E-state index contributed by atoms with van der Waals surface area (Å²) in [6.07, 6.45) is 54.2. The number of phenolic OH excluding ortho intramolecular Hbond substituents is 5. The van der Waals surface area contributed by atoms with Gasteiger partial charge in [-0.3, -0.25) is 0 Å². The monoisotopic (exact) mass is 1920 g/mol. The second-order valence-corrected chi connectivity index (χ2v) is 49.0. The van der Waals surface area contributed by atoms with Crippen molar-refractivity contribution in [3.8, 4) is 28.7 Å². The lowest BCUT2D eigenvalue weighted by molar-refractivity contribution is 0.0512. The number of ether oxygens (including phenoxy) is 3. The lowest BCUT2D eigenvalue weighted by Gasteiger charge is -2.49. The SMILES string of the molecule is CC12CCC3c4ccc(O)cc4CCC3C1CC/C2=C\CNCCO.CN(C)CCCCNC/C=C1\CCC2C3CCc4cc(O)ccc4C3CCC12C.CN(C)CCCOC/C=C1\CCC2C3CCc4cc(O)ccc4C3CCC12C.CN(C)CCOCCOC/C=C1\CCC2C3CCc4cc(O)ccc4C3CCC12C.CN(C)CCSC/C=C1\CCC2C3CCc4cc(O)ccc4C3CCC12C. The minimum Gasteiger partial charge on any atom is -0.508 e.